The van der Waals surface area contributed by atoms with Crippen LogP contribution in [-0.2, 0) is 19.6 Å². The number of carbonyl (C=O) groups excluding carboxylic acids is 2. The van der Waals surface area contributed by atoms with Crippen molar-refractivity contribution in [3.63, 3.8) is 0 Å². The highest BCUT2D eigenvalue weighted by molar-refractivity contribution is 7.92. The molecule has 2 rings (SSSR count). The SMILES string of the molecule is CCCNC(=O)COC(=O)c1cccc(S(=O)(=O)N(C)c2ccccc2)c1. The molecular formula is C19H22N2O5S. The molecule has 0 aliphatic heterocycles. The van der Waals surface area contributed by atoms with E-state index in [2.05, 4.69) is 5.32 Å². The molecule has 0 aliphatic rings. The third-order valence-corrected chi connectivity index (χ3v) is 5.54. The Morgan fingerprint density at radius 1 is 1.07 bits per heavy atom. The number of nitrogens with one attached hydrogen (secondary N) is 1. The van der Waals surface area contributed by atoms with Crippen molar-refractivity contribution in [2.24, 2.45) is 0 Å². The number of amides is 1. The predicted octanol–water partition coefficient (Wildman–Crippen LogP) is 2.19. The van der Waals surface area contributed by atoms with E-state index in [0.717, 1.165) is 10.7 Å². The minimum atomic E-state index is -3.85. The number of ether oxygens (including phenoxy) is 1. The summed E-state index contributed by atoms with van der Waals surface area (Å²) >= 11 is 0. The van der Waals surface area contributed by atoms with Gasteiger partial charge in [-0.05, 0) is 36.8 Å². The van der Waals surface area contributed by atoms with Gasteiger partial charge in [0, 0.05) is 13.6 Å². The van der Waals surface area contributed by atoms with Gasteiger partial charge in [0.2, 0.25) is 0 Å². The Kier molecular flexibility index (Phi) is 6.95. The third-order valence-electron chi connectivity index (χ3n) is 3.75. The Morgan fingerprint density at radius 2 is 1.78 bits per heavy atom. The Balaban J connectivity index is 2.14. The highest BCUT2D eigenvalue weighted by Gasteiger charge is 2.22. The van der Waals surface area contributed by atoms with Gasteiger partial charge in [0.05, 0.1) is 16.1 Å². The van der Waals surface area contributed by atoms with Crippen molar-refractivity contribution in [3.05, 3.63) is 60.2 Å². The summed E-state index contributed by atoms with van der Waals surface area (Å²) in [5.74, 6) is -1.17. The van der Waals surface area contributed by atoms with E-state index in [1.807, 2.05) is 6.92 Å². The van der Waals surface area contributed by atoms with E-state index in [9.17, 15) is 18.0 Å². The molecule has 0 fully saturated rings. The number of hydrogen-bond acceptors (Lipinski definition) is 5. The first-order valence-corrected chi connectivity index (χ1v) is 9.88. The van der Waals surface area contributed by atoms with Gasteiger partial charge in [0.25, 0.3) is 15.9 Å². The fraction of sp³-hybridized carbons (Fsp3) is 0.263. The maximum Gasteiger partial charge on any atom is 0.338 e. The molecule has 0 spiro atoms. The quantitative estimate of drug-likeness (QED) is 0.698. The summed E-state index contributed by atoms with van der Waals surface area (Å²) in [6.07, 6.45) is 0.772. The van der Waals surface area contributed by atoms with Crippen LogP contribution in [0, 0.1) is 0 Å². The second-order valence-corrected chi connectivity index (χ2v) is 7.73. The molecule has 0 saturated carbocycles. The average Bonchev–Trinajstić information content (AvgIpc) is 2.70. The van der Waals surface area contributed by atoms with Crippen molar-refractivity contribution < 1.29 is 22.7 Å². The molecule has 0 atom stereocenters. The molecule has 0 bridgehead atoms. The number of carbonyl (C=O) groups is 2. The van der Waals surface area contributed by atoms with Gasteiger partial charge in [-0.25, -0.2) is 13.2 Å². The lowest BCUT2D eigenvalue weighted by atomic mass is 10.2. The molecule has 0 radical (unpaired) electrons. The molecule has 1 amide bonds. The van der Waals surface area contributed by atoms with Crippen molar-refractivity contribution in [2.45, 2.75) is 18.2 Å². The van der Waals surface area contributed by atoms with Crippen molar-refractivity contribution in [2.75, 3.05) is 24.5 Å². The number of anilines is 1. The molecule has 0 unspecified atom stereocenters. The molecule has 0 saturated heterocycles. The lowest BCUT2D eigenvalue weighted by Gasteiger charge is -2.19. The summed E-state index contributed by atoms with van der Waals surface area (Å²) < 4.78 is 31.7. The molecule has 0 aliphatic carbocycles. The minimum absolute atomic E-state index is 0.0428. The Labute approximate surface area is 159 Å². The van der Waals surface area contributed by atoms with Gasteiger partial charge in [0.1, 0.15) is 0 Å². The Morgan fingerprint density at radius 3 is 2.44 bits per heavy atom. The van der Waals surface area contributed by atoms with Gasteiger partial charge in [-0.15, -0.1) is 0 Å². The van der Waals surface area contributed by atoms with Crippen LogP contribution in [0.1, 0.15) is 23.7 Å². The van der Waals surface area contributed by atoms with Crippen LogP contribution in [0.15, 0.2) is 59.5 Å². The average molecular weight is 390 g/mol. The van der Waals surface area contributed by atoms with E-state index in [1.54, 1.807) is 30.3 Å². The smallest absolute Gasteiger partial charge is 0.338 e. The fourth-order valence-electron chi connectivity index (χ4n) is 2.25. The molecule has 144 valence electrons. The second-order valence-electron chi connectivity index (χ2n) is 5.76. The van der Waals surface area contributed by atoms with E-state index in [0.29, 0.717) is 12.2 Å². The van der Waals surface area contributed by atoms with Gasteiger partial charge >= 0.3 is 5.97 Å². The Hall–Kier alpha value is -2.87. The molecule has 27 heavy (non-hydrogen) atoms. The topological polar surface area (TPSA) is 92.8 Å². The standard InChI is InChI=1S/C19H22N2O5S/c1-3-12-20-18(22)14-26-19(23)15-8-7-11-17(13-15)27(24,25)21(2)16-9-5-4-6-10-16/h4-11,13H,3,12,14H2,1-2H3,(H,20,22). The lowest BCUT2D eigenvalue weighted by molar-refractivity contribution is -0.124. The molecule has 1 N–H and O–H groups in total. The molecular weight excluding hydrogens is 368 g/mol. The first kappa shape index (κ1) is 20.4. The molecule has 7 nitrogen and oxygen atoms in total. The van der Waals surface area contributed by atoms with Gasteiger partial charge in [-0.3, -0.25) is 9.10 Å². The summed E-state index contributed by atoms with van der Waals surface area (Å²) in [7, 11) is -2.41. The van der Waals surface area contributed by atoms with Crippen LogP contribution in [0.2, 0.25) is 0 Å². The summed E-state index contributed by atoms with van der Waals surface area (Å²) in [6, 6.07) is 14.1. The number of rotatable bonds is 8. The van der Waals surface area contributed by atoms with Crippen molar-refractivity contribution >= 4 is 27.6 Å². The van der Waals surface area contributed by atoms with Crippen LogP contribution in [0.25, 0.3) is 0 Å². The first-order chi connectivity index (χ1) is 12.9. The highest BCUT2D eigenvalue weighted by atomic mass is 32.2. The zero-order valence-corrected chi connectivity index (χ0v) is 16.0. The van der Waals surface area contributed by atoms with Crippen LogP contribution in [0.3, 0.4) is 0 Å². The maximum absolute atomic E-state index is 12.8. The van der Waals surface area contributed by atoms with Gasteiger partial charge in [0.15, 0.2) is 6.61 Å². The zero-order chi connectivity index (χ0) is 19.9. The summed E-state index contributed by atoms with van der Waals surface area (Å²) in [6.45, 7) is 1.99. The second kappa shape index (κ2) is 9.18. The fourth-order valence-corrected chi connectivity index (χ4v) is 3.49. The minimum Gasteiger partial charge on any atom is -0.452 e. The van der Waals surface area contributed by atoms with Crippen molar-refractivity contribution in [1.82, 2.24) is 5.32 Å². The van der Waals surface area contributed by atoms with Crippen LogP contribution < -0.4 is 9.62 Å². The summed E-state index contributed by atoms with van der Waals surface area (Å²) in [5, 5.41) is 2.59. The third kappa shape index (κ3) is 5.30. The first-order valence-electron chi connectivity index (χ1n) is 8.44. The lowest BCUT2D eigenvalue weighted by Crippen LogP contribution is -2.29. The molecule has 0 heterocycles. The van der Waals surface area contributed by atoms with E-state index < -0.39 is 28.5 Å². The van der Waals surface area contributed by atoms with E-state index in [1.165, 1.54) is 31.3 Å². The van der Waals surface area contributed by atoms with Crippen LogP contribution in [0.5, 0.6) is 0 Å². The number of benzene rings is 2. The summed E-state index contributed by atoms with van der Waals surface area (Å²) in [4.78, 5) is 23.6. The molecule has 2 aromatic rings. The van der Waals surface area contributed by atoms with Crippen molar-refractivity contribution in [3.8, 4) is 0 Å². The van der Waals surface area contributed by atoms with Gasteiger partial charge in [-0.2, -0.15) is 0 Å². The van der Waals surface area contributed by atoms with E-state index >= 15 is 0 Å². The number of hydrogen-bond donors (Lipinski definition) is 1. The van der Waals surface area contributed by atoms with Crippen LogP contribution in [0.4, 0.5) is 5.69 Å². The van der Waals surface area contributed by atoms with E-state index in [4.69, 9.17) is 4.74 Å². The number of nitrogens with zero attached hydrogens (tertiary/aromatic N) is 1. The molecule has 2 aromatic carbocycles. The van der Waals surface area contributed by atoms with Gasteiger partial charge in [-0.1, -0.05) is 31.2 Å². The zero-order valence-electron chi connectivity index (χ0n) is 15.2. The summed E-state index contributed by atoms with van der Waals surface area (Å²) in [5.41, 5.74) is 0.555. The van der Waals surface area contributed by atoms with Crippen LogP contribution >= 0.6 is 0 Å². The van der Waals surface area contributed by atoms with Gasteiger partial charge < -0.3 is 10.1 Å². The highest BCUT2D eigenvalue weighted by Crippen LogP contribution is 2.22. The Bertz CT molecular complexity index is 897. The number of esters is 1. The molecule has 8 heteroatoms. The largest absolute Gasteiger partial charge is 0.452 e. The normalized spacial score (nSPS) is 10.9. The van der Waals surface area contributed by atoms with Crippen molar-refractivity contribution in [1.29, 1.82) is 0 Å². The predicted molar refractivity (Wildman–Crippen MR) is 102 cm³/mol. The number of para-hydroxylation sites is 1. The number of sulfonamides is 1. The van der Waals surface area contributed by atoms with E-state index in [-0.39, 0.29) is 10.5 Å². The molecule has 0 aromatic heterocycles. The maximum atomic E-state index is 12.8. The van der Waals surface area contributed by atoms with Crippen LogP contribution in [-0.4, -0.2) is 40.5 Å². The monoisotopic (exact) mass is 390 g/mol.